The number of halogens is 1. The van der Waals surface area contributed by atoms with Gasteiger partial charge in [-0.3, -0.25) is 0 Å². The maximum absolute atomic E-state index is 12.8. The van der Waals surface area contributed by atoms with Crippen molar-refractivity contribution in [3.8, 4) is 0 Å². The second-order valence-corrected chi connectivity index (χ2v) is 3.84. The van der Waals surface area contributed by atoms with Gasteiger partial charge < -0.3 is 0 Å². The Kier molecular flexibility index (Phi) is 2.91. The molecular weight excluding hydrogens is 194 g/mol. The van der Waals surface area contributed by atoms with Gasteiger partial charge in [0.2, 0.25) is 0 Å². The summed E-state index contributed by atoms with van der Waals surface area (Å²) in [7, 11) is 0. The van der Waals surface area contributed by atoms with Gasteiger partial charge >= 0.3 is 66.1 Å². The van der Waals surface area contributed by atoms with Crippen molar-refractivity contribution in [3.05, 3.63) is 35.6 Å². The molecular formula is C8H9FSe. The van der Waals surface area contributed by atoms with Crippen LogP contribution < -0.4 is 0 Å². The van der Waals surface area contributed by atoms with E-state index in [2.05, 4.69) is 5.82 Å². The Labute approximate surface area is 66.6 Å². The molecule has 2 heteroatoms. The summed E-state index contributed by atoms with van der Waals surface area (Å²) in [6.45, 7) is 0. The zero-order chi connectivity index (χ0) is 7.40. The summed E-state index contributed by atoms with van der Waals surface area (Å²) in [5.74, 6) is 2.05. The average molecular weight is 203 g/mol. The van der Waals surface area contributed by atoms with E-state index in [1.807, 2.05) is 12.1 Å². The first kappa shape index (κ1) is 7.77. The molecule has 0 bridgehead atoms. The quantitative estimate of drug-likeness (QED) is 0.645. The van der Waals surface area contributed by atoms with Crippen molar-refractivity contribution in [3.63, 3.8) is 0 Å². The van der Waals surface area contributed by atoms with Crippen molar-refractivity contribution in [2.75, 3.05) is 0 Å². The molecule has 0 spiro atoms. The predicted octanol–water partition coefficient (Wildman–Crippen LogP) is 2.08. The SMILES string of the molecule is C[Se]Cc1ccccc1F. The van der Waals surface area contributed by atoms with Crippen molar-refractivity contribution in [1.29, 1.82) is 0 Å². The van der Waals surface area contributed by atoms with Crippen molar-refractivity contribution in [1.82, 2.24) is 0 Å². The Hall–Kier alpha value is -0.331. The number of rotatable bonds is 2. The zero-order valence-corrected chi connectivity index (χ0v) is 7.52. The van der Waals surface area contributed by atoms with Gasteiger partial charge in [-0.25, -0.2) is 0 Å². The van der Waals surface area contributed by atoms with Crippen molar-refractivity contribution < 1.29 is 4.39 Å². The Morgan fingerprint density at radius 2 is 2.10 bits per heavy atom. The third kappa shape index (κ3) is 1.83. The van der Waals surface area contributed by atoms with Crippen LogP contribution in [0.15, 0.2) is 24.3 Å². The fraction of sp³-hybridized carbons (Fsp3) is 0.250. The van der Waals surface area contributed by atoms with E-state index in [1.54, 1.807) is 6.07 Å². The molecule has 1 aromatic carbocycles. The summed E-state index contributed by atoms with van der Waals surface area (Å²) in [6, 6.07) is 6.97. The van der Waals surface area contributed by atoms with Crippen molar-refractivity contribution in [2.24, 2.45) is 0 Å². The summed E-state index contributed by atoms with van der Waals surface area (Å²) in [6.07, 6.45) is 0. The molecule has 0 saturated heterocycles. The standard InChI is InChI=1S/C8H9FSe/c1-10-6-7-4-2-3-5-8(7)9/h2-5H,6H2,1H3. The predicted molar refractivity (Wildman–Crippen MR) is 41.7 cm³/mol. The minimum atomic E-state index is -0.0637. The Bertz CT molecular complexity index is 210. The normalized spacial score (nSPS) is 9.80. The van der Waals surface area contributed by atoms with Gasteiger partial charge in [-0.05, 0) is 0 Å². The van der Waals surface area contributed by atoms with E-state index in [0.29, 0.717) is 15.0 Å². The molecule has 0 aromatic heterocycles. The fourth-order valence-electron chi connectivity index (χ4n) is 0.771. The molecule has 0 heterocycles. The molecule has 54 valence electrons. The molecule has 0 nitrogen and oxygen atoms in total. The molecule has 10 heavy (non-hydrogen) atoms. The number of benzene rings is 1. The fourth-order valence-corrected chi connectivity index (χ4v) is 1.91. The third-order valence-corrected chi connectivity index (χ3v) is 2.52. The van der Waals surface area contributed by atoms with Crippen LogP contribution in [0, 0.1) is 5.82 Å². The topological polar surface area (TPSA) is 0 Å². The number of hydrogen-bond acceptors (Lipinski definition) is 0. The van der Waals surface area contributed by atoms with Gasteiger partial charge in [0, 0.05) is 0 Å². The van der Waals surface area contributed by atoms with Gasteiger partial charge in [0.15, 0.2) is 0 Å². The Balaban J connectivity index is 2.81. The molecule has 0 aliphatic heterocycles. The van der Waals surface area contributed by atoms with Crippen molar-refractivity contribution in [2.45, 2.75) is 11.1 Å². The molecule has 1 rings (SSSR count). The van der Waals surface area contributed by atoms with E-state index in [4.69, 9.17) is 0 Å². The van der Waals surface area contributed by atoms with Crippen LogP contribution in [0.4, 0.5) is 4.39 Å². The second-order valence-electron chi connectivity index (χ2n) is 2.02. The summed E-state index contributed by atoms with van der Waals surface area (Å²) < 4.78 is 12.8. The molecule has 0 fully saturated rings. The van der Waals surface area contributed by atoms with E-state index in [9.17, 15) is 4.39 Å². The Morgan fingerprint density at radius 3 is 2.70 bits per heavy atom. The monoisotopic (exact) mass is 204 g/mol. The van der Waals surface area contributed by atoms with E-state index >= 15 is 0 Å². The van der Waals surface area contributed by atoms with Gasteiger partial charge in [0.05, 0.1) is 0 Å². The second kappa shape index (κ2) is 3.74. The molecule has 0 amide bonds. The molecule has 0 atom stereocenters. The van der Waals surface area contributed by atoms with E-state index < -0.39 is 0 Å². The van der Waals surface area contributed by atoms with Gasteiger partial charge in [-0.1, -0.05) is 0 Å². The van der Waals surface area contributed by atoms with Crippen LogP contribution >= 0.6 is 0 Å². The number of hydrogen-bond donors (Lipinski definition) is 0. The zero-order valence-electron chi connectivity index (χ0n) is 5.80. The molecule has 1 aromatic rings. The van der Waals surface area contributed by atoms with Crippen LogP contribution in [0.5, 0.6) is 0 Å². The molecule has 0 saturated carbocycles. The van der Waals surface area contributed by atoms with Crippen LogP contribution in [-0.4, -0.2) is 15.0 Å². The molecule has 0 N–H and O–H groups in total. The van der Waals surface area contributed by atoms with Crippen LogP contribution in [0.25, 0.3) is 0 Å². The first-order valence-electron chi connectivity index (χ1n) is 3.07. The van der Waals surface area contributed by atoms with Crippen LogP contribution in [0.3, 0.4) is 0 Å². The third-order valence-electron chi connectivity index (χ3n) is 1.26. The van der Waals surface area contributed by atoms with E-state index in [-0.39, 0.29) is 5.82 Å². The summed E-state index contributed by atoms with van der Waals surface area (Å²) in [4.78, 5) is 0. The summed E-state index contributed by atoms with van der Waals surface area (Å²) >= 11 is 0.530. The molecule has 0 aliphatic rings. The van der Waals surface area contributed by atoms with Gasteiger partial charge in [0.1, 0.15) is 0 Å². The molecule has 0 radical (unpaired) electrons. The van der Waals surface area contributed by atoms with Gasteiger partial charge in [-0.2, -0.15) is 0 Å². The first-order valence-corrected chi connectivity index (χ1v) is 5.99. The van der Waals surface area contributed by atoms with Crippen molar-refractivity contribution >= 4 is 15.0 Å². The van der Waals surface area contributed by atoms with Crippen LogP contribution in [-0.2, 0) is 5.32 Å². The molecule has 0 unspecified atom stereocenters. The van der Waals surface area contributed by atoms with Gasteiger partial charge in [0.25, 0.3) is 0 Å². The van der Waals surface area contributed by atoms with Crippen LogP contribution in [0.1, 0.15) is 5.56 Å². The maximum atomic E-state index is 12.8. The van der Waals surface area contributed by atoms with E-state index in [1.165, 1.54) is 6.07 Å². The first-order chi connectivity index (χ1) is 4.84. The summed E-state index contributed by atoms with van der Waals surface area (Å²) in [5, 5.41) is 0.902. The van der Waals surface area contributed by atoms with Crippen LogP contribution in [0.2, 0.25) is 5.82 Å². The summed E-state index contributed by atoms with van der Waals surface area (Å²) in [5.41, 5.74) is 0.852. The van der Waals surface area contributed by atoms with E-state index in [0.717, 1.165) is 10.9 Å². The van der Waals surface area contributed by atoms with Gasteiger partial charge in [-0.15, -0.1) is 0 Å². The molecule has 0 aliphatic carbocycles. The Morgan fingerprint density at radius 1 is 1.40 bits per heavy atom. The average Bonchev–Trinajstić information content (AvgIpc) is 1.94. The minimum absolute atomic E-state index is 0.0637.